The molecule has 0 fully saturated rings. The average Bonchev–Trinajstić information content (AvgIpc) is 3.12. The van der Waals surface area contributed by atoms with E-state index in [0.717, 1.165) is 18.7 Å². The molecule has 31 heavy (non-hydrogen) atoms. The predicted molar refractivity (Wildman–Crippen MR) is 128 cm³/mol. The van der Waals surface area contributed by atoms with Gasteiger partial charge in [0, 0.05) is 29.3 Å². The molecule has 2 aromatic carbocycles. The Balaban J connectivity index is 1.54. The van der Waals surface area contributed by atoms with Crippen LogP contribution in [-0.4, -0.2) is 30.1 Å². The lowest BCUT2D eigenvalue weighted by Gasteiger charge is -2.21. The van der Waals surface area contributed by atoms with Crippen molar-refractivity contribution in [3.63, 3.8) is 0 Å². The quantitative estimate of drug-likeness (QED) is 0.419. The third kappa shape index (κ3) is 4.89. The third-order valence-electron chi connectivity index (χ3n) is 5.26. The van der Waals surface area contributed by atoms with Crippen molar-refractivity contribution in [3.8, 4) is 0 Å². The van der Waals surface area contributed by atoms with E-state index in [2.05, 4.69) is 83.4 Å². The summed E-state index contributed by atoms with van der Waals surface area (Å²) >= 11 is 3.35. The zero-order valence-corrected chi connectivity index (χ0v) is 19.0. The standard InChI is InChI=1S/C24H25N3O2S2/c1-26-13-11-17(18-7-2-3-8-20(18)26)15-23-27(21-9-4-5-10-22(21)31-23)12-6-14-30-16-19(25)24(28)29/h2-5,7-11,13,15,19H,6,12,14,16,25H2,1H3. The molecule has 5 nitrogen and oxygen atoms in total. The SMILES string of the molecule is C[n+]1ccc(C=C2Sc3ccccc3N2CCCSCC(N)C(=O)[O-])c2ccccc21. The van der Waals surface area contributed by atoms with Gasteiger partial charge in [-0.2, -0.15) is 11.8 Å². The van der Waals surface area contributed by atoms with Gasteiger partial charge in [-0.25, -0.2) is 4.57 Å². The van der Waals surface area contributed by atoms with E-state index in [1.54, 1.807) is 23.5 Å². The molecule has 3 aromatic rings. The van der Waals surface area contributed by atoms with E-state index in [1.165, 1.54) is 32.1 Å². The van der Waals surface area contributed by atoms with Crippen LogP contribution in [0.2, 0.25) is 0 Å². The highest BCUT2D eigenvalue weighted by molar-refractivity contribution is 8.03. The highest BCUT2D eigenvalue weighted by atomic mass is 32.2. The summed E-state index contributed by atoms with van der Waals surface area (Å²) in [5, 5.41) is 13.2. The Morgan fingerprint density at radius 3 is 2.84 bits per heavy atom. The number of aryl methyl sites for hydroxylation is 1. The van der Waals surface area contributed by atoms with Crippen molar-refractivity contribution >= 4 is 52.2 Å². The number of fused-ring (bicyclic) bond motifs is 2. The van der Waals surface area contributed by atoms with Gasteiger partial charge in [0.15, 0.2) is 6.20 Å². The molecule has 7 heteroatoms. The van der Waals surface area contributed by atoms with Gasteiger partial charge >= 0.3 is 0 Å². The number of carboxylic acid groups (broad SMARTS) is 1. The highest BCUT2D eigenvalue weighted by Gasteiger charge is 2.24. The van der Waals surface area contributed by atoms with Crippen LogP contribution in [0.1, 0.15) is 12.0 Å². The molecule has 1 aromatic heterocycles. The first-order valence-electron chi connectivity index (χ1n) is 10.2. The molecule has 1 aliphatic heterocycles. The van der Waals surface area contributed by atoms with Crippen LogP contribution in [0.5, 0.6) is 0 Å². The first-order chi connectivity index (χ1) is 15.0. The number of nitrogens with zero attached hydrogens (tertiary/aromatic N) is 2. The van der Waals surface area contributed by atoms with E-state index < -0.39 is 12.0 Å². The average molecular weight is 452 g/mol. The van der Waals surface area contributed by atoms with Crippen molar-refractivity contribution in [2.24, 2.45) is 12.8 Å². The van der Waals surface area contributed by atoms with E-state index >= 15 is 0 Å². The van der Waals surface area contributed by atoms with Gasteiger partial charge in [0.25, 0.3) is 0 Å². The van der Waals surface area contributed by atoms with Crippen molar-refractivity contribution in [1.82, 2.24) is 0 Å². The second-order valence-corrected chi connectivity index (χ2v) is 9.67. The Bertz CT molecular complexity index is 1130. The van der Waals surface area contributed by atoms with Crippen molar-refractivity contribution in [3.05, 3.63) is 71.4 Å². The number of carbonyl (C=O) groups is 1. The van der Waals surface area contributed by atoms with Crippen molar-refractivity contribution < 1.29 is 14.5 Å². The number of anilines is 1. The molecule has 0 saturated heterocycles. The number of thioether (sulfide) groups is 2. The van der Waals surface area contributed by atoms with Crippen LogP contribution in [0.15, 0.2) is 70.7 Å². The Morgan fingerprint density at radius 2 is 2.00 bits per heavy atom. The zero-order valence-electron chi connectivity index (χ0n) is 17.4. The Hall–Kier alpha value is -2.48. The Morgan fingerprint density at radius 1 is 1.23 bits per heavy atom. The van der Waals surface area contributed by atoms with E-state index in [4.69, 9.17) is 5.73 Å². The molecule has 0 saturated carbocycles. The van der Waals surface area contributed by atoms with Crippen molar-refractivity contribution in [1.29, 1.82) is 0 Å². The van der Waals surface area contributed by atoms with E-state index in [0.29, 0.717) is 5.75 Å². The first-order valence-corrected chi connectivity index (χ1v) is 12.2. The molecule has 160 valence electrons. The number of rotatable bonds is 8. The summed E-state index contributed by atoms with van der Waals surface area (Å²) < 4.78 is 2.14. The van der Waals surface area contributed by atoms with Crippen LogP contribution in [0, 0.1) is 0 Å². The van der Waals surface area contributed by atoms with Gasteiger partial charge < -0.3 is 20.5 Å². The van der Waals surface area contributed by atoms with E-state index in [9.17, 15) is 9.90 Å². The fourth-order valence-electron chi connectivity index (χ4n) is 3.64. The van der Waals surface area contributed by atoms with Gasteiger partial charge in [-0.3, -0.25) is 0 Å². The minimum absolute atomic E-state index is 0.378. The molecule has 1 unspecified atom stereocenters. The largest absolute Gasteiger partial charge is 0.548 e. The second kappa shape index (κ2) is 9.77. The number of carboxylic acids is 1. The number of aromatic nitrogens is 1. The van der Waals surface area contributed by atoms with Gasteiger partial charge in [0.1, 0.15) is 7.05 Å². The first kappa shape index (κ1) is 21.7. The maximum absolute atomic E-state index is 10.8. The summed E-state index contributed by atoms with van der Waals surface area (Å²) in [6.07, 6.45) is 5.30. The molecular weight excluding hydrogens is 426 g/mol. The maximum atomic E-state index is 10.8. The topological polar surface area (TPSA) is 73.3 Å². The second-order valence-electron chi connectivity index (χ2n) is 7.46. The lowest BCUT2D eigenvalue weighted by Crippen LogP contribution is -2.43. The molecule has 0 aliphatic carbocycles. The molecule has 0 spiro atoms. The van der Waals surface area contributed by atoms with Crippen LogP contribution < -0.4 is 20.3 Å². The number of hydrogen-bond acceptors (Lipinski definition) is 6. The smallest absolute Gasteiger partial charge is 0.212 e. The van der Waals surface area contributed by atoms with Crippen LogP contribution in [-0.2, 0) is 11.8 Å². The molecule has 2 N–H and O–H groups in total. The normalized spacial score (nSPS) is 15.4. The van der Waals surface area contributed by atoms with Crippen LogP contribution in [0.3, 0.4) is 0 Å². The molecule has 0 bridgehead atoms. The third-order valence-corrected chi connectivity index (χ3v) is 7.54. The number of carbonyl (C=O) groups excluding carboxylic acids is 1. The van der Waals surface area contributed by atoms with Gasteiger partial charge in [-0.15, -0.1) is 0 Å². The molecule has 4 rings (SSSR count). The Labute approximate surface area is 190 Å². The summed E-state index contributed by atoms with van der Waals surface area (Å²) in [5.41, 5.74) is 9.16. The number of para-hydroxylation sites is 2. The minimum Gasteiger partial charge on any atom is -0.548 e. The Kier molecular flexibility index (Phi) is 6.85. The van der Waals surface area contributed by atoms with Crippen LogP contribution >= 0.6 is 23.5 Å². The predicted octanol–water partition coefficient (Wildman–Crippen LogP) is 2.78. The summed E-state index contributed by atoms with van der Waals surface area (Å²) in [7, 11) is 2.07. The number of aliphatic carboxylic acids is 1. The fraction of sp³-hybridized carbons (Fsp3) is 0.250. The van der Waals surface area contributed by atoms with Crippen molar-refractivity contribution in [2.45, 2.75) is 17.4 Å². The molecular formula is C24H25N3O2S2. The van der Waals surface area contributed by atoms with Gasteiger partial charge in [-0.05, 0) is 42.0 Å². The van der Waals surface area contributed by atoms with Crippen LogP contribution in [0.4, 0.5) is 5.69 Å². The molecule has 0 radical (unpaired) electrons. The molecule has 0 amide bonds. The van der Waals surface area contributed by atoms with Crippen molar-refractivity contribution in [2.75, 3.05) is 23.0 Å². The lowest BCUT2D eigenvalue weighted by atomic mass is 10.1. The summed E-state index contributed by atoms with van der Waals surface area (Å²) in [5.74, 6) is 0.0384. The van der Waals surface area contributed by atoms with E-state index in [1.807, 2.05) is 0 Å². The van der Waals surface area contributed by atoms with Gasteiger partial charge in [-0.1, -0.05) is 36.0 Å². The zero-order chi connectivity index (χ0) is 21.8. The van der Waals surface area contributed by atoms with Gasteiger partial charge in [0.05, 0.1) is 28.1 Å². The number of hydrogen-bond donors (Lipinski definition) is 1. The van der Waals surface area contributed by atoms with Crippen LogP contribution in [0.25, 0.3) is 17.0 Å². The highest BCUT2D eigenvalue weighted by Crippen LogP contribution is 2.46. The number of benzene rings is 2. The fourth-order valence-corrected chi connectivity index (χ4v) is 5.67. The molecule has 2 heterocycles. The lowest BCUT2D eigenvalue weighted by molar-refractivity contribution is -0.644. The molecule has 1 atom stereocenters. The molecule has 1 aliphatic rings. The minimum atomic E-state index is -1.19. The van der Waals surface area contributed by atoms with E-state index in [-0.39, 0.29) is 0 Å². The monoisotopic (exact) mass is 451 g/mol. The number of pyridine rings is 1. The van der Waals surface area contributed by atoms with Gasteiger partial charge in [0.2, 0.25) is 5.52 Å². The summed E-state index contributed by atoms with van der Waals surface area (Å²) in [6.45, 7) is 0.863. The number of nitrogens with two attached hydrogens (primary N) is 1. The summed E-state index contributed by atoms with van der Waals surface area (Å²) in [6, 6.07) is 18.2. The summed E-state index contributed by atoms with van der Waals surface area (Å²) in [4.78, 5) is 14.4. The maximum Gasteiger partial charge on any atom is 0.212 e.